The van der Waals surface area contributed by atoms with E-state index in [0.29, 0.717) is 29.6 Å². The highest BCUT2D eigenvalue weighted by atomic mass is 32.1. The third kappa shape index (κ3) is 3.63. The number of hydrogen-bond donors (Lipinski definition) is 1. The van der Waals surface area contributed by atoms with Gasteiger partial charge in [-0.3, -0.25) is 14.9 Å². The molecule has 0 bridgehead atoms. The van der Waals surface area contributed by atoms with Gasteiger partial charge in [0.2, 0.25) is 11.0 Å². The lowest BCUT2D eigenvalue weighted by Gasteiger charge is -2.18. The van der Waals surface area contributed by atoms with Crippen molar-refractivity contribution in [2.45, 2.75) is 45.4 Å². The smallest absolute Gasteiger partial charge is 0.273 e. The summed E-state index contributed by atoms with van der Waals surface area (Å²) in [5, 5.41) is 17.4. The van der Waals surface area contributed by atoms with Gasteiger partial charge >= 0.3 is 0 Å². The van der Waals surface area contributed by atoms with Crippen LogP contribution >= 0.6 is 11.3 Å². The molecule has 0 unspecified atom stereocenters. The third-order valence-electron chi connectivity index (χ3n) is 3.47. The van der Waals surface area contributed by atoms with Crippen molar-refractivity contribution in [1.29, 1.82) is 0 Å². The molecular weight excluding hydrogens is 290 g/mol. The second kappa shape index (κ2) is 6.75. The molecule has 21 heavy (non-hydrogen) atoms. The van der Waals surface area contributed by atoms with Gasteiger partial charge in [0.15, 0.2) is 0 Å². The molecule has 0 aromatic carbocycles. The molecule has 1 aliphatic heterocycles. The maximum absolute atomic E-state index is 12.1. The van der Waals surface area contributed by atoms with Crippen molar-refractivity contribution in [1.82, 2.24) is 15.2 Å². The van der Waals surface area contributed by atoms with Crippen LogP contribution < -0.4 is 5.32 Å². The highest BCUT2D eigenvalue weighted by molar-refractivity contribution is 7.15. The van der Waals surface area contributed by atoms with Crippen molar-refractivity contribution in [2.24, 2.45) is 5.10 Å². The first-order valence-electron chi connectivity index (χ1n) is 7.03. The number of anilines is 1. The molecular formula is C13H19N5O2S. The summed E-state index contributed by atoms with van der Waals surface area (Å²) in [6, 6.07) is 0. The average molecular weight is 309 g/mol. The Labute approximate surface area is 127 Å². The maximum Gasteiger partial charge on any atom is 0.273 e. The molecule has 0 saturated heterocycles. The fourth-order valence-electron chi connectivity index (χ4n) is 2.09. The van der Waals surface area contributed by atoms with Gasteiger partial charge < -0.3 is 0 Å². The van der Waals surface area contributed by atoms with Gasteiger partial charge in [0.25, 0.3) is 5.91 Å². The summed E-state index contributed by atoms with van der Waals surface area (Å²) in [4.78, 5) is 23.4. The maximum atomic E-state index is 12.1. The Morgan fingerprint density at radius 3 is 2.67 bits per heavy atom. The van der Waals surface area contributed by atoms with Gasteiger partial charge in [-0.1, -0.05) is 25.2 Å². The number of nitrogens with zero attached hydrogens (tertiary/aromatic N) is 4. The van der Waals surface area contributed by atoms with Crippen LogP contribution in [0.1, 0.15) is 50.5 Å². The van der Waals surface area contributed by atoms with Gasteiger partial charge in [-0.2, -0.15) is 5.10 Å². The molecule has 7 nitrogen and oxygen atoms in total. The Morgan fingerprint density at radius 1 is 1.33 bits per heavy atom. The zero-order valence-electron chi connectivity index (χ0n) is 12.4. The Hall–Kier alpha value is -1.83. The molecule has 1 aromatic rings. The lowest BCUT2D eigenvalue weighted by molar-refractivity contribution is -0.130. The normalized spacial score (nSPS) is 15.3. The molecule has 0 radical (unpaired) electrons. The molecule has 0 atom stereocenters. The number of hydrazone groups is 1. The summed E-state index contributed by atoms with van der Waals surface area (Å²) in [7, 11) is 1.55. The third-order valence-corrected chi connectivity index (χ3v) is 4.47. The Balaban J connectivity index is 2.03. The standard InChI is InChI=1S/C13H19N5O2S/c1-4-8(5-2)12-15-16-13(21-12)14-11(20)9-6-7-10(19)18(3)17-9/h8H,4-7H2,1-3H3,(H,14,16,20). The monoisotopic (exact) mass is 309 g/mol. The minimum Gasteiger partial charge on any atom is -0.295 e. The Kier molecular flexibility index (Phi) is 5.00. The van der Waals surface area contributed by atoms with Crippen molar-refractivity contribution >= 4 is 34.0 Å². The van der Waals surface area contributed by atoms with Gasteiger partial charge in [0.1, 0.15) is 10.7 Å². The minimum absolute atomic E-state index is 0.0847. The highest BCUT2D eigenvalue weighted by Gasteiger charge is 2.23. The first-order valence-corrected chi connectivity index (χ1v) is 7.85. The number of amides is 2. The van der Waals surface area contributed by atoms with Crippen molar-refractivity contribution in [3.8, 4) is 0 Å². The largest absolute Gasteiger partial charge is 0.295 e. The van der Waals surface area contributed by atoms with E-state index in [2.05, 4.69) is 34.5 Å². The number of nitrogens with one attached hydrogen (secondary N) is 1. The summed E-state index contributed by atoms with van der Waals surface area (Å²) in [5.41, 5.74) is 0.344. The zero-order valence-corrected chi connectivity index (χ0v) is 13.2. The minimum atomic E-state index is -0.318. The van der Waals surface area contributed by atoms with Crippen LogP contribution in [-0.2, 0) is 9.59 Å². The predicted molar refractivity (Wildman–Crippen MR) is 81.3 cm³/mol. The molecule has 2 amide bonds. The molecule has 8 heteroatoms. The highest BCUT2D eigenvalue weighted by Crippen LogP contribution is 2.28. The number of aromatic nitrogens is 2. The fourth-order valence-corrected chi connectivity index (χ4v) is 3.10. The van der Waals surface area contributed by atoms with Crippen LogP contribution in [0.2, 0.25) is 0 Å². The van der Waals surface area contributed by atoms with E-state index < -0.39 is 0 Å². The molecule has 0 spiro atoms. The Morgan fingerprint density at radius 2 is 2.05 bits per heavy atom. The van der Waals surface area contributed by atoms with E-state index >= 15 is 0 Å². The van der Waals surface area contributed by atoms with Crippen LogP contribution in [0.3, 0.4) is 0 Å². The molecule has 0 saturated carbocycles. The number of hydrogen-bond acceptors (Lipinski definition) is 6. The molecule has 2 rings (SSSR count). The number of carbonyl (C=O) groups is 2. The average Bonchev–Trinajstić information content (AvgIpc) is 2.91. The summed E-state index contributed by atoms with van der Waals surface area (Å²) < 4.78 is 0. The van der Waals surface area contributed by atoms with Crippen molar-refractivity contribution in [3.05, 3.63) is 5.01 Å². The second-order valence-corrected chi connectivity index (χ2v) is 5.89. The van der Waals surface area contributed by atoms with Crippen LogP contribution in [0.15, 0.2) is 5.10 Å². The second-order valence-electron chi connectivity index (χ2n) is 4.88. The van der Waals surface area contributed by atoms with Crippen LogP contribution in [0.4, 0.5) is 5.13 Å². The SMILES string of the molecule is CCC(CC)c1nnc(NC(=O)C2=NN(C)C(=O)CC2)s1. The summed E-state index contributed by atoms with van der Waals surface area (Å²) in [6.45, 7) is 4.22. The Bertz CT molecular complexity index is 565. The van der Waals surface area contributed by atoms with E-state index in [1.165, 1.54) is 16.3 Å². The predicted octanol–water partition coefficient (Wildman–Crippen LogP) is 1.99. The van der Waals surface area contributed by atoms with Crippen molar-refractivity contribution < 1.29 is 9.59 Å². The van der Waals surface area contributed by atoms with E-state index in [1.807, 2.05) is 0 Å². The van der Waals surface area contributed by atoms with E-state index in [-0.39, 0.29) is 11.8 Å². The van der Waals surface area contributed by atoms with E-state index in [0.717, 1.165) is 17.8 Å². The molecule has 0 fully saturated rings. The number of carbonyl (C=O) groups excluding carboxylic acids is 2. The summed E-state index contributed by atoms with van der Waals surface area (Å²) in [5.74, 6) is -0.0241. The van der Waals surface area contributed by atoms with Gasteiger partial charge in [0, 0.05) is 25.8 Å². The molecule has 1 N–H and O–H groups in total. The molecule has 0 aliphatic carbocycles. The van der Waals surface area contributed by atoms with Crippen molar-refractivity contribution in [2.75, 3.05) is 12.4 Å². The van der Waals surface area contributed by atoms with Gasteiger partial charge in [-0.15, -0.1) is 10.2 Å². The molecule has 114 valence electrons. The first-order chi connectivity index (χ1) is 10.0. The van der Waals surface area contributed by atoms with Crippen LogP contribution in [0, 0.1) is 0 Å². The van der Waals surface area contributed by atoms with Crippen molar-refractivity contribution in [3.63, 3.8) is 0 Å². The fraction of sp³-hybridized carbons (Fsp3) is 0.615. The van der Waals surface area contributed by atoms with Crippen LogP contribution in [0.25, 0.3) is 0 Å². The lowest BCUT2D eigenvalue weighted by atomic mass is 10.1. The number of rotatable bonds is 5. The van der Waals surface area contributed by atoms with Crippen LogP contribution in [0.5, 0.6) is 0 Å². The molecule has 2 heterocycles. The van der Waals surface area contributed by atoms with E-state index in [1.54, 1.807) is 7.05 Å². The molecule has 1 aromatic heterocycles. The van der Waals surface area contributed by atoms with E-state index in [4.69, 9.17) is 0 Å². The topological polar surface area (TPSA) is 87.6 Å². The van der Waals surface area contributed by atoms with Gasteiger partial charge in [-0.05, 0) is 12.8 Å². The van der Waals surface area contributed by atoms with Gasteiger partial charge in [-0.25, -0.2) is 5.01 Å². The first kappa shape index (κ1) is 15.6. The quantitative estimate of drug-likeness (QED) is 0.901. The lowest BCUT2D eigenvalue weighted by Crippen LogP contribution is -2.34. The summed E-state index contributed by atoms with van der Waals surface area (Å²) in [6.07, 6.45) is 2.66. The van der Waals surface area contributed by atoms with E-state index in [9.17, 15) is 9.59 Å². The van der Waals surface area contributed by atoms with Crippen LogP contribution in [-0.4, -0.2) is 39.8 Å². The van der Waals surface area contributed by atoms with Gasteiger partial charge in [0.05, 0.1) is 0 Å². The zero-order chi connectivity index (χ0) is 15.4. The summed E-state index contributed by atoms with van der Waals surface area (Å²) >= 11 is 1.39. The molecule has 1 aliphatic rings.